The smallest absolute Gasteiger partial charge is 0.350 e. The molecule has 0 saturated heterocycles. The van der Waals surface area contributed by atoms with Crippen LogP contribution in [0.15, 0.2) is 53.3 Å². The van der Waals surface area contributed by atoms with Gasteiger partial charge in [0.25, 0.3) is 0 Å². The molecule has 0 atom stereocenters. The van der Waals surface area contributed by atoms with Gasteiger partial charge in [0.15, 0.2) is 5.82 Å². The van der Waals surface area contributed by atoms with E-state index in [9.17, 15) is 22.8 Å². The second-order valence-corrected chi connectivity index (χ2v) is 6.31. The molecule has 0 bridgehead atoms. The van der Waals surface area contributed by atoms with Gasteiger partial charge in [0.2, 0.25) is 5.91 Å². The van der Waals surface area contributed by atoms with Gasteiger partial charge in [-0.25, -0.2) is 9.48 Å². The lowest BCUT2D eigenvalue weighted by Crippen LogP contribution is -2.32. The summed E-state index contributed by atoms with van der Waals surface area (Å²) in [5, 5.41) is 6.92. The van der Waals surface area contributed by atoms with Crippen LogP contribution < -0.4 is 11.0 Å². The van der Waals surface area contributed by atoms with Crippen LogP contribution in [-0.2, 0) is 24.1 Å². The fraction of sp³-hybridized carbons (Fsp3) is 0.167. The zero-order valence-electron chi connectivity index (χ0n) is 14.3. The molecule has 1 amide bonds. The number of nitrogens with zero attached hydrogens (tertiary/aromatic N) is 2. The second-order valence-electron chi connectivity index (χ2n) is 5.87. The molecule has 10 heteroatoms. The SMILES string of the molecule is O=C(Cn1nc(-c2ccc(Cl)cc2)[nH]c1=O)NCc1ccccc1C(F)(F)F. The number of H-pyrrole nitrogens is 1. The fourth-order valence-electron chi connectivity index (χ4n) is 2.54. The number of amides is 1. The van der Waals surface area contributed by atoms with Crippen molar-refractivity contribution in [1.29, 1.82) is 0 Å². The van der Waals surface area contributed by atoms with Gasteiger partial charge in [-0.2, -0.15) is 13.2 Å². The number of alkyl halides is 3. The molecule has 1 heterocycles. The van der Waals surface area contributed by atoms with Gasteiger partial charge < -0.3 is 5.32 Å². The molecule has 0 aliphatic carbocycles. The van der Waals surface area contributed by atoms with Crippen molar-refractivity contribution in [3.63, 3.8) is 0 Å². The van der Waals surface area contributed by atoms with Gasteiger partial charge in [0.05, 0.1) is 5.56 Å². The van der Waals surface area contributed by atoms with E-state index in [1.165, 1.54) is 18.2 Å². The van der Waals surface area contributed by atoms with Gasteiger partial charge in [-0.05, 0) is 35.9 Å². The Hall–Kier alpha value is -3.07. The van der Waals surface area contributed by atoms with E-state index in [1.54, 1.807) is 24.3 Å². The van der Waals surface area contributed by atoms with E-state index in [-0.39, 0.29) is 17.9 Å². The van der Waals surface area contributed by atoms with Crippen LogP contribution in [0.2, 0.25) is 5.02 Å². The van der Waals surface area contributed by atoms with Crippen molar-refractivity contribution in [2.45, 2.75) is 19.3 Å². The Bertz CT molecular complexity index is 1040. The quantitative estimate of drug-likeness (QED) is 0.677. The summed E-state index contributed by atoms with van der Waals surface area (Å²) in [4.78, 5) is 26.5. The molecule has 146 valence electrons. The molecule has 28 heavy (non-hydrogen) atoms. The van der Waals surface area contributed by atoms with E-state index in [4.69, 9.17) is 11.6 Å². The molecule has 0 saturated carbocycles. The molecular weight excluding hydrogens is 397 g/mol. The number of aromatic nitrogens is 3. The number of carbonyl (C=O) groups is 1. The number of hydrogen-bond acceptors (Lipinski definition) is 3. The number of benzene rings is 2. The number of halogens is 4. The van der Waals surface area contributed by atoms with Gasteiger partial charge >= 0.3 is 11.9 Å². The molecule has 0 spiro atoms. The average molecular weight is 411 g/mol. The molecule has 2 aromatic carbocycles. The Balaban J connectivity index is 1.68. The lowest BCUT2D eigenvalue weighted by Gasteiger charge is -2.13. The van der Waals surface area contributed by atoms with Crippen LogP contribution in [-0.4, -0.2) is 20.7 Å². The maximum Gasteiger partial charge on any atom is 0.416 e. The van der Waals surface area contributed by atoms with Crippen LogP contribution in [0.4, 0.5) is 13.2 Å². The lowest BCUT2D eigenvalue weighted by molar-refractivity contribution is -0.138. The third-order valence-electron chi connectivity index (χ3n) is 3.89. The van der Waals surface area contributed by atoms with E-state index >= 15 is 0 Å². The second kappa shape index (κ2) is 7.89. The third kappa shape index (κ3) is 4.61. The van der Waals surface area contributed by atoms with Crippen LogP contribution in [0.3, 0.4) is 0 Å². The van der Waals surface area contributed by atoms with Gasteiger partial charge in [-0.15, -0.1) is 5.10 Å². The number of hydrogen-bond donors (Lipinski definition) is 2. The minimum Gasteiger partial charge on any atom is -0.350 e. The Kier molecular flexibility index (Phi) is 5.55. The molecular formula is C18H14ClF3N4O2. The topological polar surface area (TPSA) is 79.8 Å². The first-order chi connectivity index (χ1) is 13.2. The van der Waals surface area contributed by atoms with Crippen molar-refractivity contribution in [2.24, 2.45) is 0 Å². The van der Waals surface area contributed by atoms with E-state index in [0.717, 1.165) is 10.7 Å². The Morgan fingerprint density at radius 3 is 2.50 bits per heavy atom. The molecule has 0 unspecified atom stereocenters. The summed E-state index contributed by atoms with van der Waals surface area (Å²) in [5.41, 5.74) is -0.910. The highest BCUT2D eigenvalue weighted by Crippen LogP contribution is 2.31. The van der Waals surface area contributed by atoms with Gasteiger partial charge in [-0.1, -0.05) is 29.8 Å². The summed E-state index contributed by atoms with van der Waals surface area (Å²) in [5.74, 6) is -0.398. The summed E-state index contributed by atoms with van der Waals surface area (Å²) in [7, 11) is 0. The Morgan fingerprint density at radius 1 is 1.14 bits per heavy atom. The molecule has 0 radical (unpaired) electrons. The summed E-state index contributed by atoms with van der Waals surface area (Å²) in [6.45, 7) is -0.755. The first kappa shape index (κ1) is 19.7. The van der Waals surface area contributed by atoms with E-state index < -0.39 is 29.9 Å². The molecule has 0 aliphatic rings. The molecule has 0 fully saturated rings. The highest BCUT2D eigenvalue weighted by Gasteiger charge is 2.32. The summed E-state index contributed by atoms with van der Waals surface area (Å²) in [6.07, 6.45) is -4.52. The van der Waals surface area contributed by atoms with Gasteiger partial charge in [0.1, 0.15) is 6.54 Å². The van der Waals surface area contributed by atoms with Gasteiger partial charge in [0, 0.05) is 17.1 Å². The standard InChI is InChI=1S/C18H14ClF3N4O2/c19-13-7-5-11(6-8-13)16-24-17(28)26(25-16)10-15(27)23-9-12-3-1-2-4-14(12)18(20,21)22/h1-8H,9-10H2,(H,23,27)(H,24,25,28). The van der Waals surface area contributed by atoms with Crippen LogP contribution in [0.5, 0.6) is 0 Å². The third-order valence-corrected chi connectivity index (χ3v) is 4.14. The van der Waals surface area contributed by atoms with Crippen molar-refractivity contribution in [3.05, 3.63) is 75.2 Å². The number of aromatic amines is 1. The van der Waals surface area contributed by atoms with Crippen molar-refractivity contribution >= 4 is 17.5 Å². The molecule has 0 aliphatic heterocycles. The molecule has 6 nitrogen and oxygen atoms in total. The predicted octanol–water partition coefficient (Wildman–Crippen LogP) is 3.23. The molecule has 1 aromatic heterocycles. The number of nitrogens with one attached hydrogen (secondary N) is 2. The fourth-order valence-corrected chi connectivity index (χ4v) is 2.66. The monoisotopic (exact) mass is 410 g/mol. The van der Waals surface area contributed by atoms with Crippen molar-refractivity contribution in [2.75, 3.05) is 0 Å². The minimum atomic E-state index is -4.52. The summed E-state index contributed by atoms with van der Waals surface area (Å²) in [6, 6.07) is 11.5. The van der Waals surface area contributed by atoms with Crippen LogP contribution in [0.25, 0.3) is 11.4 Å². The first-order valence-electron chi connectivity index (χ1n) is 8.09. The maximum absolute atomic E-state index is 13.0. The predicted molar refractivity (Wildman–Crippen MR) is 96.6 cm³/mol. The molecule has 2 N–H and O–H groups in total. The number of carbonyl (C=O) groups excluding carboxylic acids is 1. The van der Waals surface area contributed by atoms with Gasteiger partial charge in [-0.3, -0.25) is 9.78 Å². The van der Waals surface area contributed by atoms with E-state index in [0.29, 0.717) is 10.6 Å². The normalized spacial score (nSPS) is 11.4. The minimum absolute atomic E-state index is 0.0698. The Labute approximate surface area is 162 Å². The van der Waals surface area contributed by atoms with E-state index in [1.807, 2.05) is 0 Å². The maximum atomic E-state index is 13.0. The lowest BCUT2D eigenvalue weighted by atomic mass is 10.1. The van der Waals surface area contributed by atoms with Crippen molar-refractivity contribution < 1.29 is 18.0 Å². The van der Waals surface area contributed by atoms with Crippen molar-refractivity contribution in [1.82, 2.24) is 20.1 Å². The largest absolute Gasteiger partial charge is 0.416 e. The highest BCUT2D eigenvalue weighted by atomic mass is 35.5. The molecule has 3 aromatic rings. The first-order valence-corrected chi connectivity index (χ1v) is 8.46. The van der Waals surface area contributed by atoms with Crippen LogP contribution in [0, 0.1) is 0 Å². The highest BCUT2D eigenvalue weighted by molar-refractivity contribution is 6.30. The van der Waals surface area contributed by atoms with E-state index in [2.05, 4.69) is 15.4 Å². The zero-order valence-corrected chi connectivity index (χ0v) is 15.0. The zero-order chi connectivity index (χ0) is 20.3. The Morgan fingerprint density at radius 2 is 1.82 bits per heavy atom. The summed E-state index contributed by atoms with van der Waals surface area (Å²) < 4.78 is 39.8. The molecule has 3 rings (SSSR count). The van der Waals surface area contributed by atoms with Crippen LogP contribution >= 0.6 is 11.6 Å². The van der Waals surface area contributed by atoms with Crippen molar-refractivity contribution in [3.8, 4) is 11.4 Å². The summed E-state index contributed by atoms with van der Waals surface area (Å²) >= 11 is 5.81. The average Bonchev–Trinajstić information content (AvgIpc) is 3.00. The number of rotatable bonds is 5. The van der Waals surface area contributed by atoms with Crippen LogP contribution in [0.1, 0.15) is 11.1 Å².